The second-order valence-corrected chi connectivity index (χ2v) is 6.38. The molecule has 0 radical (unpaired) electrons. The van der Waals surface area contributed by atoms with E-state index >= 15 is 0 Å². The summed E-state index contributed by atoms with van der Waals surface area (Å²) in [5.74, 6) is 0.495. The van der Waals surface area contributed by atoms with Crippen LogP contribution in [0.3, 0.4) is 0 Å². The first-order chi connectivity index (χ1) is 9.32. The Morgan fingerprint density at radius 2 is 1.95 bits per heavy atom. The van der Waals surface area contributed by atoms with Gasteiger partial charge in [0, 0.05) is 13.0 Å². The number of rotatable bonds is 4. The molecule has 0 bridgehead atoms. The van der Waals surface area contributed by atoms with Crippen LogP contribution in [0.4, 0.5) is 0 Å². The number of sulfonamides is 1. The summed E-state index contributed by atoms with van der Waals surface area (Å²) in [5, 5.41) is 13.3. The van der Waals surface area contributed by atoms with Crippen molar-refractivity contribution in [3.8, 4) is 0 Å². The van der Waals surface area contributed by atoms with Crippen LogP contribution in [0, 0.1) is 0 Å². The van der Waals surface area contributed by atoms with E-state index in [-0.39, 0.29) is 5.16 Å². The molecule has 1 aromatic heterocycles. The second kappa shape index (κ2) is 5.69. The summed E-state index contributed by atoms with van der Waals surface area (Å²) >= 11 is 11.8. The van der Waals surface area contributed by atoms with E-state index in [0.29, 0.717) is 28.8 Å². The molecule has 0 amide bonds. The zero-order valence-corrected chi connectivity index (χ0v) is 12.9. The van der Waals surface area contributed by atoms with Crippen LogP contribution in [0.15, 0.2) is 23.4 Å². The molecule has 1 aromatic carbocycles. The van der Waals surface area contributed by atoms with Crippen LogP contribution in [0.2, 0.25) is 10.0 Å². The average Bonchev–Trinajstić information content (AvgIpc) is 2.76. The van der Waals surface area contributed by atoms with Crippen molar-refractivity contribution in [2.24, 2.45) is 5.14 Å². The van der Waals surface area contributed by atoms with Gasteiger partial charge in [-0.3, -0.25) is 0 Å². The molecule has 2 aromatic rings. The normalized spacial score (nSPS) is 11.8. The van der Waals surface area contributed by atoms with Gasteiger partial charge in [0.25, 0.3) is 15.2 Å². The minimum atomic E-state index is -3.89. The van der Waals surface area contributed by atoms with Crippen molar-refractivity contribution >= 4 is 33.2 Å². The Kier molecular flexibility index (Phi) is 4.33. The Morgan fingerprint density at radius 3 is 2.50 bits per heavy atom. The van der Waals surface area contributed by atoms with Crippen LogP contribution in [-0.4, -0.2) is 23.2 Å². The highest BCUT2D eigenvalue weighted by Gasteiger charge is 2.20. The number of halogens is 2. The maximum atomic E-state index is 11.4. The molecule has 2 N–H and O–H groups in total. The third-order valence-electron chi connectivity index (χ3n) is 2.71. The minimum absolute atomic E-state index is 0.241. The SMILES string of the molecule is CCn1c(Cc2ccc(Cl)c(Cl)c2)nnc1S(N)(=O)=O. The molecule has 0 spiro atoms. The van der Waals surface area contributed by atoms with Crippen LogP contribution < -0.4 is 5.14 Å². The molecular formula is C11H12Cl2N4O2S. The summed E-state index contributed by atoms with van der Waals surface area (Å²) in [7, 11) is -3.89. The topological polar surface area (TPSA) is 90.9 Å². The second-order valence-electron chi connectivity index (χ2n) is 4.11. The summed E-state index contributed by atoms with van der Waals surface area (Å²) in [4.78, 5) is 0. The van der Waals surface area contributed by atoms with Crippen molar-refractivity contribution in [2.45, 2.75) is 25.0 Å². The molecule has 0 unspecified atom stereocenters. The fourth-order valence-corrected chi connectivity index (χ4v) is 2.83. The minimum Gasteiger partial charge on any atom is -0.301 e. The lowest BCUT2D eigenvalue weighted by molar-refractivity contribution is 0.565. The van der Waals surface area contributed by atoms with Gasteiger partial charge in [-0.2, -0.15) is 0 Å². The standard InChI is InChI=1S/C11H12Cl2N4O2S/c1-2-17-10(15-16-11(17)20(14,18)19)6-7-3-4-8(12)9(13)5-7/h3-5H,2,6H2,1H3,(H2,14,18,19). The van der Waals surface area contributed by atoms with Gasteiger partial charge in [0.05, 0.1) is 10.0 Å². The van der Waals surface area contributed by atoms with Gasteiger partial charge in [-0.25, -0.2) is 13.6 Å². The number of nitrogens with zero attached hydrogens (tertiary/aromatic N) is 3. The number of hydrogen-bond donors (Lipinski definition) is 1. The molecular weight excluding hydrogens is 323 g/mol. The molecule has 0 aliphatic heterocycles. The molecule has 0 saturated heterocycles. The Hall–Kier alpha value is -1.15. The molecule has 0 fully saturated rings. The van der Waals surface area contributed by atoms with E-state index in [4.69, 9.17) is 28.3 Å². The van der Waals surface area contributed by atoms with Gasteiger partial charge < -0.3 is 4.57 Å². The van der Waals surface area contributed by atoms with E-state index in [1.807, 2.05) is 0 Å². The lowest BCUT2D eigenvalue weighted by atomic mass is 10.1. The summed E-state index contributed by atoms with van der Waals surface area (Å²) in [5.41, 5.74) is 0.850. The van der Waals surface area contributed by atoms with Gasteiger partial charge in [0.2, 0.25) is 0 Å². The lowest BCUT2D eigenvalue weighted by Gasteiger charge is -2.07. The van der Waals surface area contributed by atoms with Crippen molar-refractivity contribution in [1.82, 2.24) is 14.8 Å². The van der Waals surface area contributed by atoms with E-state index in [2.05, 4.69) is 10.2 Å². The average molecular weight is 335 g/mol. The van der Waals surface area contributed by atoms with Crippen molar-refractivity contribution in [3.63, 3.8) is 0 Å². The van der Waals surface area contributed by atoms with Crippen LogP contribution >= 0.6 is 23.2 Å². The zero-order chi connectivity index (χ0) is 14.9. The molecule has 1 heterocycles. The Labute approximate surface area is 126 Å². The Balaban J connectivity index is 2.39. The molecule has 6 nitrogen and oxygen atoms in total. The van der Waals surface area contributed by atoms with E-state index in [9.17, 15) is 8.42 Å². The highest BCUT2D eigenvalue weighted by molar-refractivity contribution is 7.89. The number of hydrogen-bond acceptors (Lipinski definition) is 4. The molecule has 0 atom stereocenters. The van der Waals surface area contributed by atoms with Crippen LogP contribution in [-0.2, 0) is 23.0 Å². The summed E-state index contributed by atoms with van der Waals surface area (Å²) in [6.45, 7) is 2.19. The van der Waals surface area contributed by atoms with Crippen molar-refractivity contribution < 1.29 is 8.42 Å². The van der Waals surface area contributed by atoms with E-state index in [0.717, 1.165) is 5.56 Å². The lowest BCUT2D eigenvalue weighted by Crippen LogP contribution is -2.19. The smallest absolute Gasteiger partial charge is 0.273 e. The fourth-order valence-electron chi connectivity index (χ4n) is 1.81. The summed E-state index contributed by atoms with van der Waals surface area (Å²) in [6, 6.07) is 5.17. The first-order valence-electron chi connectivity index (χ1n) is 5.71. The number of nitrogens with two attached hydrogens (primary N) is 1. The molecule has 2 rings (SSSR count). The van der Waals surface area contributed by atoms with Crippen LogP contribution in [0.25, 0.3) is 0 Å². The van der Waals surface area contributed by atoms with Crippen molar-refractivity contribution in [2.75, 3.05) is 0 Å². The molecule has 0 saturated carbocycles. The van der Waals surface area contributed by atoms with Gasteiger partial charge in [-0.05, 0) is 24.6 Å². The highest BCUT2D eigenvalue weighted by atomic mass is 35.5. The van der Waals surface area contributed by atoms with Gasteiger partial charge >= 0.3 is 0 Å². The summed E-state index contributed by atoms with van der Waals surface area (Å²) in [6.07, 6.45) is 0.382. The zero-order valence-electron chi connectivity index (χ0n) is 10.5. The molecule has 108 valence electrons. The van der Waals surface area contributed by atoms with Gasteiger partial charge in [-0.1, -0.05) is 29.3 Å². The fraction of sp³-hybridized carbons (Fsp3) is 0.273. The van der Waals surface area contributed by atoms with Crippen molar-refractivity contribution in [3.05, 3.63) is 39.6 Å². The molecule has 9 heteroatoms. The Bertz CT molecular complexity index is 743. The van der Waals surface area contributed by atoms with E-state index in [1.165, 1.54) is 4.57 Å². The number of benzene rings is 1. The predicted molar refractivity (Wildman–Crippen MR) is 76.3 cm³/mol. The van der Waals surface area contributed by atoms with Gasteiger partial charge in [-0.15, -0.1) is 10.2 Å². The van der Waals surface area contributed by atoms with Crippen molar-refractivity contribution in [1.29, 1.82) is 0 Å². The quantitative estimate of drug-likeness (QED) is 0.923. The first kappa shape index (κ1) is 15.2. The first-order valence-corrected chi connectivity index (χ1v) is 8.02. The van der Waals surface area contributed by atoms with Crippen LogP contribution in [0.5, 0.6) is 0 Å². The van der Waals surface area contributed by atoms with E-state index < -0.39 is 10.0 Å². The number of aromatic nitrogens is 3. The third-order valence-corrected chi connectivity index (χ3v) is 4.26. The number of primary sulfonamides is 1. The molecule has 0 aliphatic carbocycles. The van der Waals surface area contributed by atoms with Gasteiger partial charge in [0.15, 0.2) is 0 Å². The largest absolute Gasteiger partial charge is 0.301 e. The van der Waals surface area contributed by atoms with Crippen LogP contribution in [0.1, 0.15) is 18.3 Å². The van der Waals surface area contributed by atoms with E-state index in [1.54, 1.807) is 25.1 Å². The molecule has 0 aliphatic rings. The summed E-state index contributed by atoms with van der Waals surface area (Å²) < 4.78 is 24.2. The highest BCUT2D eigenvalue weighted by Crippen LogP contribution is 2.23. The molecule has 20 heavy (non-hydrogen) atoms. The maximum absolute atomic E-state index is 11.4. The Morgan fingerprint density at radius 1 is 1.25 bits per heavy atom. The third kappa shape index (κ3) is 3.12. The predicted octanol–water partition coefficient (Wildman–Crippen LogP) is 1.84. The van der Waals surface area contributed by atoms with Gasteiger partial charge in [0.1, 0.15) is 5.82 Å². The maximum Gasteiger partial charge on any atom is 0.273 e. The monoisotopic (exact) mass is 334 g/mol.